The van der Waals surface area contributed by atoms with Gasteiger partial charge in [-0.05, 0) is 29.7 Å². The van der Waals surface area contributed by atoms with Crippen molar-refractivity contribution in [1.29, 1.82) is 5.26 Å². The van der Waals surface area contributed by atoms with Gasteiger partial charge < -0.3 is 19.7 Å². The number of methoxy groups -OCH3 is 2. The summed E-state index contributed by atoms with van der Waals surface area (Å²) in [6.07, 6.45) is -0.560. The Kier molecular flexibility index (Phi) is 6.09. The summed E-state index contributed by atoms with van der Waals surface area (Å²) in [4.78, 5) is 14.0. The number of hydrogen-bond donors (Lipinski definition) is 1. The monoisotopic (exact) mass is 369 g/mol. The first-order valence-electron chi connectivity index (χ1n) is 7.88. The van der Waals surface area contributed by atoms with Crippen LogP contribution in [-0.2, 0) is 17.8 Å². The summed E-state index contributed by atoms with van der Waals surface area (Å²) in [6.45, 7) is 0.504. The number of benzene rings is 1. The third-order valence-electron chi connectivity index (χ3n) is 4.65. The molecule has 1 saturated heterocycles. The van der Waals surface area contributed by atoms with Gasteiger partial charge in [-0.2, -0.15) is 5.26 Å². The Morgan fingerprint density at radius 2 is 1.96 bits per heavy atom. The predicted octanol–water partition coefficient (Wildman–Crippen LogP) is 1.60. The Morgan fingerprint density at radius 1 is 1.32 bits per heavy atom. The lowest BCUT2D eigenvalue weighted by Gasteiger charge is -2.30. The van der Waals surface area contributed by atoms with E-state index in [1.165, 1.54) is 4.90 Å². The zero-order valence-electron chi connectivity index (χ0n) is 14.1. The number of alkyl halides is 1. The van der Waals surface area contributed by atoms with Gasteiger partial charge >= 0.3 is 0 Å². The molecular formula is C17H21ClFN3O3. The topological polar surface area (TPSA) is 74.6 Å². The van der Waals surface area contributed by atoms with Crippen LogP contribution in [-0.4, -0.2) is 49.8 Å². The number of carbonyl (C=O) groups is 1. The summed E-state index contributed by atoms with van der Waals surface area (Å²) in [6, 6.07) is 4.65. The second-order valence-corrected chi connectivity index (χ2v) is 6.08. The van der Waals surface area contributed by atoms with Gasteiger partial charge in [0.2, 0.25) is 5.91 Å². The number of carbonyl (C=O) groups excluding carboxylic acids is 1. The van der Waals surface area contributed by atoms with Crippen LogP contribution in [0.2, 0.25) is 0 Å². The van der Waals surface area contributed by atoms with E-state index < -0.39 is 18.3 Å². The number of amides is 1. The Balaban J connectivity index is 0.00000225. The molecule has 136 valence electrons. The third kappa shape index (κ3) is 3.65. The average Bonchev–Trinajstić information content (AvgIpc) is 3.00. The fourth-order valence-corrected chi connectivity index (χ4v) is 3.37. The molecule has 0 aromatic heterocycles. The molecule has 0 radical (unpaired) electrons. The molecular weight excluding hydrogens is 349 g/mol. The maximum absolute atomic E-state index is 13.6. The van der Waals surface area contributed by atoms with Gasteiger partial charge in [0.1, 0.15) is 12.2 Å². The molecule has 1 amide bonds. The van der Waals surface area contributed by atoms with Crippen LogP contribution in [0.4, 0.5) is 4.39 Å². The first-order chi connectivity index (χ1) is 11.6. The molecule has 25 heavy (non-hydrogen) atoms. The third-order valence-corrected chi connectivity index (χ3v) is 4.65. The van der Waals surface area contributed by atoms with Gasteiger partial charge in [-0.15, -0.1) is 12.4 Å². The van der Waals surface area contributed by atoms with Gasteiger partial charge in [-0.25, -0.2) is 4.39 Å². The van der Waals surface area contributed by atoms with Crippen molar-refractivity contribution >= 4 is 18.3 Å². The van der Waals surface area contributed by atoms with Crippen molar-refractivity contribution in [1.82, 2.24) is 10.2 Å². The van der Waals surface area contributed by atoms with Crippen LogP contribution in [0.3, 0.4) is 0 Å². The highest BCUT2D eigenvalue weighted by atomic mass is 35.5. The van der Waals surface area contributed by atoms with E-state index in [-0.39, 0.29) is 31.3 Å². The van der Waals surface area contributed by atoms with Crippen molar-refractivity contribution < 1.29 is 18.7 Å². The number of hydrogen-bond acceptors (Lipinski definition) is 5. The Morgan fingerprint density at radius 3 is 2.56 bits per heavy atom. The summed E-state index contributed by atoms with van der Waals surface area (Å²) in [5.74, 6) is 1.04. The van der Waals surface area contributed by atoms with Crippen LogP contribution in [0.25, 0.3) is 0 Å². The zero-order valence-corrected chi connectivity index (χ0v) is 14.9. The highest BCUT2D eigenvalue weighted by Crippen LogP contribution is 2.33. The van der Waals surface area contributed by atoms with Crippen molar-refractivity contribution in [2.75, 3.05) is 20.8 Å². The standard InChI is InChI=1S/C17H20FN3O3.ClH/c1-23-15-4-10-3-14(20-8-11(10)5-16(15)24-2)17(22)21-9-12(18)6-13(21)7-19;/h4-5,12-14,20H,3,6,8-9H2,1-2H3;1H/t12-,13-,14-;/m0./s1. The minimum absolute atomic E-state index is 0. The lowest BCUT2D eigenvalue weighted by atomic mass is 9.94. The molecule has 0 unspecified atom stereocenters. The number of ether oxygens (including phenoxy) is 2. The lowest BCUT2D eigenvalue weighted by molar-refractivity contribution is -0.133. The van der Waals surface area contributed by atoms with E-state index in [0.717, 1.165) is 11.1 Å². The molecule has 6 nitrogen and oxygen atoms in total. The van der Waals surface area contributed by atoms with E-state index >= 15 is 0 Å². The van der Waals surface area contributed by atoms with Crippen LogP contribution < -0.4 is 14.8 Å². The molecule has 0 bridgehead atoms. The fraction of sp³-hybridized carbons (Fsp3) is 0.529. The molecule has 2 aliphatic heterocycles. The van der Waals surface area contributed by atoms with Crippen molar-refractivity contribution in [3.8, 4) is 17.6 Å². The molecule has 1 aromatic rings. The van der Waals surface area contributed by atoms with E-state index in [1.807, 2.05) is 18.2 Å². The van der Waals surface area contributed by atoms with E-state index in [4.69, 9.17) is 14.7 Å². The number of nitrogens with one attached hydrogen (secondary N) is 1. The first kappa shape index (κ1) is 19.3. The Bertz CT molecular complexity index is 694. The van der Waals surface area contributed by atoms with E-state index in [0.29, 0.717) is 24.5 Å². The fourth-order valence-electron chi connectivity index (χ4n) is 3.37. The maximum Gasteiger partial charge on any atom is 0.241 e. The largest absolute Gasteiger partial charge is 0.493 e. The summed E-state index contributed by atoms with van der Waals surface area (Å²) in [5.41, 5.74) is 2.03. The summed E-state index contributed by atoms with van der Waals surface area (Å²) in [7, 11) is 3.15. The molecule has 0 spiro atoms. The molecule has 1 fully saturated rings. The molecule has 3 rings (SSSR count). The maximum atomic E-state index is 13.6. The van der Waals surface area contributed by atoms with Crippen LogP contribution in [0.15, 0.2) is 12.1 Å². The molecule has 0 saturated carbocycles. The molecule has 2 aliphatic rings. The Hall–Kier alpha value is -2.04. The van der Waals surface area contributed by atoms with E-state index in [1.54, 1.807) is 14.2 Å². The molecule has 1 N–H and O–H groups in total. The Labute approximate surface area is 152 Å². The second kappa shape index (κ2) is 7.89. The van der Waals surface area contributed by atoms with Gasteiger partial charge in [0.05, 0.1) is 32.9 Å². The quantitative estimate of drug-likeness (QED) is 0.876. The SMILES string of the molecule is COc1cc2c(cc1OC)C[C@@H](C(=O)N1C[C@@H](F)C[C@H]1C#N)NC2.Cl. The number of rotatable bonds is 3. The first-order valence-corrected chi connectivity index (χ1v) is 7.88. The highest BCUT2D eigenvalue weighted by Gasteiger charge is 2.39. The molecule has 1 aromatic carbocycles. The summed E-state index contributed by atoms with van der Waals surface area (Å²) < 4.78 is 24.2. The second-order valence-electron chi connectivity index (χ2n) is 6.08. The predicted molar refractivity (Wildman–Crippen MR) is 91.8 cm³/mol. The van der Waals surface area contributed by atoms with Crippen LogP contribution in [0, 0.1) is 11.3 Å². The number of nitrogens with zero attached hydrogens (tertiary/aromatic N) is 2. The van der Waals surface area contributed by atoms with Gasteiger partial charge in [0.25, 0.3) is 0 Å². The number of fused-ring (bicyclic) bond motifs is 1. The minimum atomic E-state index is -1.13. The van der Waals surface area contributed by atoms with Gasteiger partial charge in [-0.1, -0.05) is 0 Å². The van der Waals surface area contributed by atoms with Crippen LogP contribution in [0.1, 0.15) is 17.5 Å². The summed E-state index contributed by atoms with van der Waals surface area (Å²) >= 11 is 0. The average molecular weight is 370 g/mol. The summed E-state index contributed by atoms with van der Waals surface area (Å²) in [5, 5.41) is 12.3. The molecule has 8 heteroatoms. The zero-order chi connectivity index (χ0) is 17.3. The van der Waals surface area contributed by atoms with Crippen molar-refractivity contribution in [3.05, 3.63) is 23.3 Å². The van der Waals surface area contributed by atoms with Crippen LogP contribution in [0.5, 0.6) is 11.5 Å². The number of likely N-dealkylation sites (tertiary alicyclic amines) is 1. The van der Waals surface area contributed by atoms with E-state index in [2.05, 4.69) is 5.32 Å². The molecule has 3 atom stereocenters. The van der Waals surface area contributed by atoms with Gasteiger partial charge in [-0.3, -0.25) is 4.79 Å². The van der Waals surface area contributed by atoms with Crippen molar-refractivity contribution in [3.63, 3.8) is 0 Å². The van der Waals surface area contributed by atoms with Crippen molar-refractivity contribution in [2.45, 2.75) is 37.6 Å². The molecule has 0 aliphatic carbocycles. The van der Waals surface area contributed by atoms with Crippen molar-refractivity contribution in [2.24, 2.45) is 0 Å². The van der Waals surface area contributed by atoms with Gasteiger partial charge in [0.15, 0.2) is 11.5 Å². The number of nitriles is 1. The normalized spacial score (nSPS) is 24.7. The van der Waals surface area contributed by atoms with E-state index in [9.17, 15) is 9.18 Å². The molecule has 2 heterocycles. The van der Waals surface area contributed by atoms with Gasteiger partial charge in [0, 0.05) is 13.0 Å². The smallest absolute Gasteiger partial charge is 0.241 e. The number of halogens is 2. The minimum Gasteiger partial charge on any atom is -0.493 e. The lowest BCUT2D eigenvalue weighted by Crippen LogP contribution is -2.50. The highest BCUT2D eigenvalue weighted by molar-refractivity contribution is 5.85. The van der Waals surface area contributed by atoms with Crippen LogP contribution >= 0.6 is 12.4 Å².